The highest BCUT2D eigenvalue weighted by Gasteiger charge is 2.22. The van der Waals surface area contributed by atoms with Crippen LogP contribution in [-0.2, 0) is 19.1 Å². The zero-order valence-electron chi connectivity index (χ0n) is 33.0. The zero-order valence-corrected chi connectivity index (χ0v) is 33.0. The van der Waals surface area contributed by atoms with Crippen LogP contribution in [0.4, 0.5) is 0 Å². The van der Waals surface area contributed by atoms with Crippen LogP contribution in [0.1, 0.15) is 226 Å². The Balaban J connectivity index is 3.97. The molecule has 6 heteroatoms. The molecule has 2 amide bonds. The third-order valence-corrected chi connectivity index (χ3v) is 9.72. The average Bonchev–Trinajstić information content (AvgIpc) is 3.09. The molecule has 0 rings (SSSR count). The number of ether oxygens (including phenoxy) is 1. The molecule has 0 radical (unpaired) electrons. The molecular weight excluding hydrogens is 608 g/mol. The minimum Gasteiger partial charge on any atom is -0.460 e. The molecule has 0 fully saturated rings. The van der Waals surface area contributed by atoms with Crippen LogP contribution in [0.15, 0.2) is 12.2 Å². The predicted molar refractivity (Wildman–Crippen MR) is 210 cm³/mol. The van der Waals surface area contributed by atoms with Gasteiger partial charge in [-0.3, -0.25) is 9.59 Å². The van der Waals surface area contributed by atoms with Gasteiger partial charge >= 0.3 is 5.97 Å². The van der Waals surface area contributed by atoms with Crippen molar-refractivity contribution in [1.82, 2.24) is 10.6 Å². The van der Waals surface area contributed by atoms with Gasteiger partial charge in [0.1, 0.15) is 12.6 Å². The van der Waals surface area contributed by atoms with Crippen LogP contribution in [0.3, 0.4) is 0 Å². The minimum atomic E-state index is -0.881. The van der Waals surface area contributed by atoms with E-state index in [1.54, 1.807) is 6.92 Å². The van der Waals surface area contributed by atoms with Gasteiger partial charge in [0, 0.05) is 18.5 Å². The number of hydrogen-bond acceptors (Lipinski definition) is 4. The van der Waals surface area contributed by atoms with Crippen molar-refractivity contribution < 1.29 is 19.1 Å². The van der Waals surface area contributed by atoms with Gasteiger partial charge in [-0.05, 0) is 19.8 Å². The highest BCUT2D eigenvalue weighted by molar-refractivity contribution is 5.89. The maximum absolute atomic E-state index is 12.9. The van der Waals surface area contributed by atoms with Gasteiger partial charge in [0.2, 0.25) is 11.8 Å². The topological polar surface area (TPSA) is 84.5 Å². The third-order valence-electron chi connectivity index (χ3n) is 9.72. The second-order valence-electron chi connectivity index (χ2n) is 14.8. The molecular formula is C43H82N2O4. The summed E-state index contributed by atoms with van der Waals surface area (Å²) in [7, 11) is 0. The van der Waals surface area contributed by atoms with Crippen LogP contribution in [0.5, 0.6) is 0 Å². The number of unbranched alkanes of at least 4 members (excludes halogenated alkanes) is 29. The molecule has 0 aromatic carbocycles. The van der Waals surface area contributed by atoms with Crippen molar-refractivity contribution in [1.29, 1.82) is 0 Å². The molecule has 49 heavy (non-hydrogen) atoms. The number of carbonyl (C=O) groups excluding carboxylic acids is 3. The molecule has 0 aromatic heterocycles. The third kappa shape index (κ3) is 34.4. The molecule has 6 nitrogen and oxygen atoms in total. The van der Waals surface area contributed by atoms with E-state index < -0.39 is 12.0 Å². The summed E-state index contributed by atoms with van der Waals surface area (Å²) in [4.78, 5) is 37.5. The van der Waals surface area contributed by atoms with Crippen LogP contribution in [0.25, 0.3) is 0 Å². The van der Waals surface area contributed by atoms with Crippen molar-refractivity contribution in [2.24, 2.45) is 0 Å². The summed E-state index contributed by atoms with van der Waals surface area (Å²) in [6.07, 6.45) is 40.5. The fourth-order valence-electron chi connectivity index (χ4n) is 6.40. The molecule has 0 aromatic rings. The van der Waals surface area contributed by atoms with Crippen molar-refractivity contribution >= 4 is 17.8 Å². The molecule has 0 spiro atoms. The quantitative estimate of drug-likeness (QED) is 0.0384. The van der Waals surface area contributed by atoms with Gasteiger partial charge < -0.3 is 15.4 Å². The van der Waals surface area contributed by atoms with Crippen LogP contribution in [0.2, 0.25) is 0 Å². The lowest BCUT2D eigenvalue weighted by Gasteiger charge is -2.18. The standard InChI is InChI=1S/C43H82N2O4/c1-5-7-9-11-13-15-17-19-21-23-25-27-29-31-33-35-37-44-42(47)40(38-49-43(48)39(3)4)45-41(46)36-34-32-30-28-26-24-22-20-18-16-14-12-10-8-6-2/h40H,3,5-38H2,1-2,4H3,(H,44,47)(H,45,46). The summed E-state index contributed by atoms with van der Waals surface area (Å²) in [6, 6.07) is -0.881. The van der Waals surface area contributed by atoms with E-state index in [1.807, 2.05) is 0 Å². The maximum Gasteiger partial charge on any atom is 0.333 e. The second kappa shape index (κ2) is 37.4. The molecule has 1 unspecified atom stereocenters. The number of rotatable bonds is 38. The molecule has 0 aliphatic heterocycles. The molecule has 0 aliphatic rings. The summed E-state index contributed by atoms with van der Waals surface area (Å²) in [5.74, 6) is -1.00. The van der Waals surface area contributed by atoms with Crippen LogP contribution >= 0.6 is 0 Å². The number of hydrogen-bond donors (Lipinski definition) is 2. The monoisotopic (exact) mass is 691 g/mol. The van der Waals surface area contributed by atoms with Gasteiger partial charge in [0.05, 0.1) is 0 Å². The SMILES string of the molecule is C=C(C)C(=O)OCC(NC(=O)CCCCCCCCCCCCCCCCC)C(=O)NCCCCCCCCCCCCCCCCCC. The Hall–Kier alpha value is -1.85. The molecule has 0 heterocycles. The first-order valence-electron chi connectivity index (χ1n) is 21.3. The Labute approximate surface area is 304 Å². The van der Waals surface area contributed by atoms with E-state index in [9.17, 15) is 14.4 Å². The smallest absolute Gasteiger partial charge is 0.333 e. The largest absolute Gasteiger partial charge is 0.460 e. The van der Waals surface area contributed by atoms with E-state index in [0.717, 1.165) is 32.1 Å². The van der Waals surface area contributed by atoms with Crippen LogP contribution in [0, 0.1) is 0 Å². The number of nitrogens with one attached hydrogen (secondary N) is 2. The molecule has 0 saturated carbocycles. The molecule has 288 valence electrons. The van der Waals surface area contributed by atoms with E-state index >= 15 is 0 Å². The Morgan fingerprint density at radius 3 is 1.18 bits per heavy atom. The number of carbonyl (C=O) groups is 3. The highest BCUT2D eigenvalue weighted by atomic mass is 16.5. The Bertz CT molecular complexity index is 784. The van der Waals surface area contributed by atoms with E-state index in [2.05, 4.69) is 31.1 Å². The van der Waals surface area contributed by atoms with Crippen molar-refractivity contribution in [2.45, 2.75) is 232 Å². The fraction of sp³-hybridized carbons (Fsp3) is 0.884. The molecule has 1 atom stereocenters. The molecule has 0 aliphatic carbocycles. The lowest BCUT2D eigenvalue weighted by molar-refractivity contribution is -0.142. The van der Waals surface area contributed by atoms with Crippen molar-refractivity contribution in [2.75, 3.05) is 13.2 Å². The van der Waals surface area contributed by atoms with Gasteiger partial charge in [-0.2, -0.15) is 0 Å². The fourth-order valence-corrected chi connectivity index (χ4v) is 6.40. The number of amides is 2. The summed E-state index contributed by atoms with van der Waals surface area (Å²) in [5.41, 5.74) is 0.274. The Kier molecular flexibility index (Phi) is 36.0. The number of esters is 1. The molecule has 0 saturated heterocycles. The minimum absolute atomic E-state index is 0.163. The summed E-state index contributed by atoms with van der Waals surface area (Å²) >= 11 is 0. The van der Waals surface area contributed by atoms with E-state index in [0.29, 0.717) is 13.0 Å². The normalized spacial score (nSPS) is 11.7. The van der Waals surface area contributed by atoms with E-state index in [4.69, 9.17) is 4.74 Å². The van der Waals surface area contributed by atoms with Gasteiger partial charge in [-0.15, -0.1) is 0 Å². The predicted octanol–water partition coefficient (Wildman–Crippen LogP) is 12.2. The first-order chi connectivity index (χ1) is 23.9. The lowest BCUT2D eigenvalue weighted by Crippen LogP contribution is -2.49. The van der Waals surface area contributed by atoms with E-state index in [1.165, 1.54) is 167 Å². The Morgan fingerprint density at radius 2 is 0.837 bits per heavy atom. The van der Waals surface area contributed by atoms with Crippen molar-refractivity contribution in [3.8, 4) is 0 Å². The first-order valence-corrected chi connectivity index (χ1v) is 21.3. The summed E-state index contributed by atoms with van der Waals surface area (Å²) in [6.45, 7) is 10.1. The van der Waals surface area contributed by atoms with Crippen molar-refractivity contribution in [3.05, 3.63) is 12.2 Å². The van der Waals surface area contributed by atoms with Gasteiger partial charge in [-0.1, -0.05) is 207 Å². The molecule has 0 bridgehead atoms. The summed E-state index contributed by atoms with van der Waals surface area (Å²) < 4.78 is 5.24. The average molecular weight is 691 g/mol. The maximum atomic E-state index is 12.9. The van der Waals surface area contributed by atoms with Crippen LogP contribution < -0.4 is 10.6 Å². The van der Waals surface area contributed by atoms with Crippen molar-refractivity contribution in [3.63, 3.8) is 0 Å². The Morgan fingerprint density at radius 1 is 0.510 bits per heavy atom. The van der Waals surface area contributed by atoms with Crippen LogP contribution in [-0.4, -0.2) is 37.0 Å². The molecule has 2 N–H and O–H groups in total. The van der Waals surface area contributed by atoms with Gasteiger partial charge in [0.15, 0.2) is 0 Å². The summed E-state index contributed by atoms with van der Waals surface area (Å²) in [5, 5.41) is 5.75. The highest BCUT2D eigenvalue weighted by Crippen LogP contribution is 2.15. The lowest BCUT2D eigenvalue weighted by atomic mass is 10.0. The zero-order chi connectivity index (χ0) is 36.0. The first kappa shape index (κ1) is 47.1. The van der Waals surface area contributed by atoms with Gasteiger partial charge in [0.25, 0.3) is 0 Å². The van der Waals surface area contributed by atoms with Gasteiger partial charge in [-0.25, -0.2) is 4.79 Å². The van der Waals surface area contributed by atoms with E-state index in [-0.39, 0.29) is 24.0 Å². The second-order valence-corrected chi connectivity index (χ2v) is 14.8.